The molecule has 92 valence electrons. The van der Waals surface area contributed by atoms with Gasteiger partial charge in [0, 0.05) is 0 Å². The third-order valence-electron chi connectivity index (χ3n) is 3.41. The van der Waals surface area contributed by atoms with E-state index in [-0.39, 0.29) is 0 Å². The zero-order chi connectivity index (χ0) is 12.3. The highest BCUT2D eigenvalue weighted by Crippen LogP contribution is 2.40. The average molecular weight is 236 g/mol. The highest BCUT2D eigenvalue weighted by Gasteiger charge is 2.47. The maximum atomic E-state index is 11.4. The van der Waals surface area contributed by atoms with Gasteiger partial charge in [0.15, 0.2) is 0 Å². The minimum Gasteiger partial charge on any atom is -0.285 e. The smallest absolute Gasteiger partial charge is 0.270 e. The van der Waals surface area contributed by atoms with Crippen molar-refractivity contribution >= 4 is 10.1 Å². The Morgan fingerprint density at radius 3 is 1.80 bits per heavy atom. The molecule has 0 aliphatic heterocycles. The molecule has 0 saturated heterocycles. The van der Waals surface area contributed by atoms with Crippen LogP contribution in [0, 0.1) is 5.41 Å². The summed E-state index contributed by atoms with van der Waals surface area (Å²) < 4.78 is 31.2. The molecule has 3 nitrogen and oxygen atoms in total. The molecule has 0 aromatic rings. The van der Waals surface area contributed by atoms with Crippen LogP contribution in [-0.4, -0.2) is 17.7 Å². The Balaban J connectivity index is 4.91. The van der Waals surface area contributed by atoms with E-state index in [4.69, 9.17) is 0 Å². The molecule has 0 radical (unpaired) electrons. The number of unbranched alkanes of at least 4 members (excludes halogenated alkanes) is 2. The summed E-state index contributed by atoms with van der Waals surface area (Å²) in [5.41, 5.74) is -0.450. The van der Waals surface area contributed by atoms with Gasteiger partial charge in [-0.25, -0.2) is 0 Å². The first-order valence-electron chi connectivity index (χ1n) is 5.53. The second-order valence-electron chi connectivity index (χ2n) is 5.41. The molecule has 0 fully saturated rings. The second kappa shape index (κ2) is 4.83. The average Bonchev–Trinajstić information content (AvgIpc) is 2.00. The van der Waals surface area contributed by atoms with Crippen molar-refractivity contribution in [3.8, 4) is 0 Å². The molecular formula is C11H24O3S. The Labute approximate surface area is 94.0 Å². The molecule has 0 heterocycles. The van der Waals surface area contributed by atoms with Gasteiger partial charge in [-0.1, -0.05) is 47.0 Å². The highest BCUT2D eigenvalue weighted by atomic mass is 32.2. The van der Waals surface area contributed by atoms with Gasteiger partial charge < -0.3 is 0 Å². The molecule has 0 amide bonds. The van der Waals surface area contributed by atoms with Gasteiger partial charge in [-0.2, -0.15) is 8.42 Å². The van der Waals surface area contributed by atoms with Crippen molar-refractivity contribution in [1.29, 1.82) is 0 Å². The zero-order valence-electron chi connectivity index (χ0n) is 10.5. The highest BCUT2D eigenvalue weighted by molar-refractivity contribution is 7.87. The first-order valence-corrected chi connectivity index (χ1v) is 6.97. The molecule has 1 unspecified atom stereocenters. The third-order valence-corrected chi connectivity index (χ3v) is 5.37. The SMILES string of the molecule is CCCCCC(C)(C(C)(C)C)S(=O)(=O)O. The Morgan fingerprint density at radius 1 is 1.07 bits per heavy atom. The van der Waals surface area contributed by atoms with Crippen molar-refractivity contribution in [3.05, 3.63) is 0 Å². The Morgan fingerprint density at radius 2 is 1.53 bits per heavy atom. The van der Waals surface area contributed by atoms with Gasteiger partial charge in [0.2, 0.25) is 0 Å². The predicted molar refractivity (Wildman–Crippen MR) is 63.6 cm³/mol. The van der Waals surface area contributed by atoms with Crippen molar-refractivity contribution in [2.75, 3.05) is 0 Å². The lowest BCUT2D eigenvalue weighted by atomic mass is 9.78. The van der Waals surface area contributed by atoms with E-state index in [0.29, 0.717) is 6.42 Å². The molecule has 0 bridgehead atoms. The Hall–Kier alpha value is -0.0900. The minimum absolute atomic E-state index is 0.450. The van der Waals surface area contributed by atoms with Crippen molar-refractivity contribution in [2.24, 2.45) is 5.41 Å². The topological polar surface area (TPSA) is 54.4 Å². The van der Waals surface area contributed by atoms with Crippen LogP contribution in [0.2, 0.25) is 0 Å². The molecule has 1 N–H and O–H groups in total. The third kappa shape index (κ3) is 3.45. The molecule has 0 spiro atoms. The number of rotatable bonds is 5. The summed E-state index contributed by atoms with van der Waals surface area (Å²) in [5.74, 6) is 0. The second-order valence-corrected chi connectivity index (χ2v) is 7.26. The van der Waals surface area contributed by atoms with Crippen molar-refractivity contribution in [3.63, 3.8) is 0 Å². The van der Waals surface area contributed by atoms with E-state index in [1.807, 2.05) is 20.8 Å². The largest absolute Gasteiger partial charge is 0.285 e. The summed E-state index contributed by atoms with van der Waals surface area (Å²) in [4.78, 5) is 0. The molecule has 1 atom stereocenters. The van der Waals surface area contributed by atoms with Crippen LogP contribution in [0.4, 0.5) is 0 Å². The van der Waals surface area contributed by atoms with Crippen molar-refractivity contribution in [1.82, 2.24) is 0 Å². The monoisotopic (exact) mass is 236 g/mol. The number of hydrogen-bond donors (Lipinski definition) is 1. The minimum atomic E-state index is -4.00. The van der Waals surface area contributed by atoms with Gasteiger partial charge in [0.1, 0.15) is 0 Å². The summed E-state index contributed by atoms with van der Waals surface area (Å²) in [6, 6.07) is 0. The fraction of sp³-hybridized carbons (Fsp3) is 1.00. The molecule has 0 aromatic carbocycles. The van der Waals surface area contributed by atoms with E-state index >= 15 is 0 Å². The summed E-state index contributed by atoms with van der Waals surface area (Å²) in [5, 5.41) is 0. The lowest BCUT2D eigenvalue weighted by Crippen LogP contribution is -2.46. The fourth-order valence-corrected chi connectivity index (χ4v) is 2.78. The predicted octanol–water partition coefficient (Wildman–Crippen LogP) is 3.26. The van der Waals surface area contributed by atoms with Crippen LogP contribution in [0.3, 0.4) is 0 Å². The first-order chi connectivity index (χ1) is 6.56. The lowest BCUT2D eigenvalue weighted by molar-refractivity contribution is 0.245. The normalized spacial score (nSPS) is 17.5. The van der Waals surface area contributed by atoms with Gasteiger partial charge in [-0.3, -0.25) is 4.55 Å². The van der Waals surface area contributed by atoms with E-state index in [1.54, 1.807) is 6.92 Å². The molecule has 0 saturated carbocycles. The van der Waals surface area contributed by atoms with E-state index in [2.05, 4.69) is 6.92 Å². The zero-order valence-corrected chi connectivity index (χ0v) is 11.3. The van der Waals surface area contributed by atoms with Crippen LogP contribution < -0.4 is 0 Å². The standard InChI is InChI=1S/C11H24O3S/c1-6-7-8-9-11(5,10(2,3)4)15(12,13)14/h6-9H2,1-5H3,(H,12,13,14). The maximum absolute atomic E-state index is 11.4. The molecule has 15 heavy (non-hydrogen) atoms. The quantitative estimate of drug-likeness (QED) is 0.589. The maximum Gasteiger partial charge on any atom is 0.270 e. The van der Waals surface area contributed by atoms with Gasteiger partial charge in [-0.15, -0.1) is 0 Å². The van der Waals surface area contributed by atoms with Crippen molar-refractivity contribution in [2.45, 2.75) is 65.0 Å². The molecule has 0 aliphatic rings. The Bertz CT molecular complexity index is 287. The first kappa shape index (κ1) is 14.9. The summed E-state index contributed by atoms with van der Waals surface area (Å²) in [6.45, 7) is 9.27. The summed E-state index contributed by atoms with van der Waals surface area (Å²) in [6.07, 6.45) is 3.40. The van der Waals surface area contributed by atoms with Gasteiger partial charge in [0.05, 0.1) is 4.75 Å². The van der Waals surface area contributed by atoms with Gasteiger partial charge >= 0.3 is 0 Å². The van der Waals surface area contributed by atoms with Crippen LogP contribution in [0.1, 0.15) is 60.3 Å². The van der Waals surface area contributed by atoms with Crippen molar-refractivity contribution < 1.29 is 13.0 Å². The fourth-order valence-electron chi connectivity index (χ4n) is 1.60. The van der Waals surface area contributed by atoms with Crippen LogP contribution in [0.5, 0.6) is 0 Å². The molecular weight excluding hydrogens is 212 g/mol. The van der Waals surface area contributed by atoms with Crippen LogP contribution in [0.25, 0.3) is 0 Å². The van der Waals surface area contributed by atoms with E-state index in [9.17, 15) is 13.0 Å². The molecule has 4 heteroatoms. The van der Waals surface area contributed by atoms with E-state index in [0.717, 1.165) is 19.3 Å². The van der Waals surface area contributed by atoms with Gasteiger partial charge in [0.25, 0.3) is 10.1 Å². The molecule has 0 aromatic heterocycles. The van der Waals surface area contributed by atoms with E-state index in [1.165, 1.54) is 0 Å². The van der Waals surface area contributed by atoms with Crippen LogP contribution in [-0.2, 0) is 10.1 Å². The lowest BCUT2D eigenvalue weighted by Gasteiger charge is -2.39. The molecule has 0 rings (SSSR count). The van der Waals surface area contributed by atoms with Crippen LogP contribution in [0.15, 0.2) is 0 Å². The van der Waals surface area contributed by atoms with E-state index < -0.39 is 20.3 Å². The van der Waals surface area contributed by atoms with Gasteiger partial charge in [-0.05, 0) is 18.8 Å². The molecule has 0 aliphatic carbocycles. The summed E-state index contributed by atoms with van der Waals surface area (Å²) in [7, 11) is -4.00. The number of hydrogen-bond acceptors (Lipinski definition) is 2. The van der Waals surface area contributed by atoms with Crippen LogP contribution >= 0.6 is 0 Å². The Kier molecular flexibility index (Phi) is 4.80. The summed E-state index contributed by atoms with van der Waals surface area (Å²) >= 11 is 0.